The highest BCUT2D eigenvalue weighted by Crippen LogP contribution is 2.37. The van der Waals surface area contributed by atoms with Gasteiger partial charge >= 0.3 is 12.1 Å². The maximum absolute atomic E-state index is 13.0. The second-order valence-corrected chi connectivity index (χ2v) is 12.0. The van der Waals surface area contributed by atoms with E-state index in [1.54, 1.807) is 29.2 Å². The standard InChI is InChI=1S/C26H25Cl2F3N4O7S/c27-18-5-6-19(22(21(18)28)43(32,39)40)41-15-7-9-35(10-8-15)13-16(42-25(38)26(29,30)31)12-34-24(37)20-17-4-2-1-3-14(17)11-33-23(20)36/h1-6,11,15-16H,7-10,12-13H2,(H,33,36)(H,34,37)(H2,32,39,40)/t16-/m1/s1. The molecule has 0 spiro atoms. The van der Waals surface area contributed by atoms with Gasteiger partial charge in [-0.25, -0.2) is 18.4 Å². The number of halogens is 5. The van der Waals surface area contributed by atoms with Crippen molar-refractivity contribution in [3.05, 3.63) is 68.6 Å². The molecule has 2 aromatic carbocycles. The summed E-state index contributed by atoms with van der Waals surface area (Å²) in [7, 11) is -4.28. The number of aromatic nitrogens is 1. The quantitative estimate of drug-likeness (QED) is 0.294. The van der Waals surface area contributed by atoms with Crippen LogP contribution in [0.3, 0.4) is 0 Å². The molecule has 11 nitrogen and oxygen atoms in total. The summed E-state index contributed by atoms with van der Waals surface area (Å²) in [5, 5.41) is 8.25. The van der Waals surface area contributed by atoms with Crippen LogP contribution in [0.4, 0.5) is 13.2 Å². The van der Waals surface area contributed by atoms with E-state index in [-0.39, 0.29) is 41.0 Å². The highest BCUT2D eigenvalue weighted by Gasteiger charge is 2.42. The van der Waals surface area contributed by atoms with E-state index in [1.807, 2.05) is 0 Å². The summed E-state index contributed by atoms with van der Waals surface area (Å²) >= 11 is 11.9. The van der Waals surface area contributed by atoms with Crippen molar-refractivity contribution < 1.29 is 40.7 Å². The van der Waals surface area contributed by atoms with Crippen LogP contribution in [0.25, 0.3) is 10.8 Å². The normalized spacial score (nSPS) is 15.7. The fraction of sp³-hybridized carbons (Fsp3) is 0.346. The van der Waals surface area contributed by atoms with Gasteiger partial charge in [-0.3, -0.25) is 14.5 Å². The molecular weight excluding hydrogens is 640 g/mol. The van der Waals surface area contributed by atoms with Gasteiger partial charge in [0.2, 0.25) is 10.0 Å². The number of fused-ring (bicyclic) bond motifs is 1. The number of sulfonamides is 1. The van der Waals surface area contributed by atoms with Crippen LogP contribution < -0.4 is 20.8 Å². The van der Waals surface area contributed by atoms with Gasteiger partial charge in [0.05, 0.1) is 16.6 Å². The zero-order valence-corrected chi connectivity index (χ0v) is 24.4. The first kappa shape index (κ1) is 32.5. The van der Waals surface area contributed by atoms with Crippen molar-refractivity contribution in [2.45, 2.75) is 36.1 Å². The first-order valence-electron chi connectivity index (χ1n) is 12.7. The zero-order chi connectivity index (χ0) is 31.5. The van der Waals surface area contributed by atoms with Crippen LogP contribution in [0.15, 0.2) is 52.3 Å². The molecule has 0 aliphatic carbocycles. The average Bonchev–Trinajstić information content (AvgIpc) is 2.93. The molecule has 0 bridgehead atoms. The summed E-state index contributed by atoms with van der Waals surface area (Å²) in [6.45, 7) is -0.182. The van der Waals surface area contributed by atoms with E-state index in [0.29, 0.717) is 23.6 Å². The van der Waals surface area contributed by atoms with Crippen molar-refractivity contribution in [2.75, 3.05) is 26.2 Å². The number of esters is 1. The summed E-state index contributed by atoms with van der Waals surface area (Å²) in [6, 6.07) is 9.21. The maximum atomic E-state index is 13.0. The molecule has 1 saturated heterocycles. The predicted octanol–water partition coefficient (Wildman–Crippen LogP) is 3.23. The number of hydrogen-bond acceptors (Lipinski definition) is 8. The van der Waals surface area contributed by atoms with Gasteiger partial charge in [-0.2, -0.15) is 13.2 Å². The summed E-state index contributed by atoms with van der Waals surface area (Å²) < 4.78 is 73.6. The van der Waals surface area contributed by atoms with Crippen LogP contribution >= 0.6 is 23.2 Å². The Morgan fingerprint density at radius 1 is 1.14 bits per heavy atom. The molecule has 232 valence electrons. The molecule has 1 atom stereocenters. The Kier molecular flexibility index (Phi) is 9.91. The number of amides is 1. The molecule has 1 fully saturated rings. The van der Waals surface area contributed by atoms with E-state index in [0.717, 1.165) is 0 Å². The van der Waals surface area contributed by atoms with Crippen molar-refractivity contribution in [3.8, 4) is 5.75 Å². The van der Waals surface area contributed by atoms with E-state index >= 15 is 0 Å². The third kappa shape index (κ3) is 7.97. The number of carbonyl (C=O) groups is 2. The summed E-state index contributed by atoms with van der Waals surface area (Å²) in [5.74, 6) is -3.38. The number of likely N-dealkylation sites (tertiary alicyclic amines) is 1. The fourth-order valence-electron chi connectivity index (χ4n) is 4.62. The van der Waals surface area contributed by atoms with Crippen molar-refractivity contribution in [3.63, 3.8) is 0 Å². The van der Waals surface area contributed by atoms with Gasteiger partial charge in [-0.05, 0) is 30.4 Å². The molecule has 17 heteroatoms. The van der Waals surface area contributed by atoms with Crippen LogP contribution in [0.2, 0.25) is 10.0 Å². The molecule has 1 amide bonds. The number of ether oxygens (including phenoxy) is 2. The number of benzene rings is 2. The second kappa shape index (κ2) is 13.1. The third-order valence-corrected chi connectivity index (χ3v) is 8.52. The number of primary sulfonamides is 1. The topological polar surface area (TPSA) is 161 Å². The largest absolute Gasteiger partial charge is 0.490 e. The Hall–Kier alpha value is -3.37. The van der Waals surface area contributed by atoms with Gasteiger partial charge in [0.25, 0.3) is 11.5 Å². The predicted molar refractivity (Wildman–Crippen MR) is 151 cm³/mol. The van der Waals surface area contributed by atoms with Crippen LogP contribution in [-0.4, -0.2) is 74.7 Å². The number of hydrogen-bond donors (Lipinski definition) is 3. The molecule has 2 heterocycles. The minimum atomic E-state index is -5.27. The van der Waals surface area contributed by atoms with Crippen molar-refractivity contribution in [1.82, 2.24) is 15.2 Å². The fourth-order valence-corrected chi connectivity index (χ4v) is 6.07. The minimum absolute atomic E-state index is 0.0375. The van der Waals surface area contributed by atoms with Gasteiger partial charge in [-0.1, -0.05) is 47.5 Å². The number of nitrogens with two attached hydrogens (primary N) is 1. The van der Waals surface area contributed by atoms with E-state index in [1.165, 1.54) is 18.3 Å². The van der Waals surface area contributed by atoms with Crippen LogP contribution in [0.5, 0.6) is 5.75 Å². The lowest BCUT2D eigenvalue weighted by Gasteiger charge is -2.34. The van der Waals surface area contributed by atoms with Crippen LogP contribution in [0.1, 0.15) is 23.2 Å². The molecule has 1 aliphatic heterocycles. The number of rotatable bonds is 9. The number of aromatic amines is 1. The highest BCUT2D eigenvalue weighted by atomic mass is 35.5. The Morgan fingerprint density at radius 2 is 1.81 bits per heavy atom. The number of H-pyrrole nitrogens is 1. The number of nitrogens with one attached hydrogen (secondary N) is 2. The lowest BCUT2D eigenvalue weighted by Crippen LogP contribution is -2.48. The van der Waals surface area contributed by atoms with Crippen LogP contribution in [-0.2, 0) is 19.6 Å². The molecular formula is C26H25Cl2F3N4O7S. The molecule has 1 aliphatic rings. The molecule has 4 N–H and O–H groups in total. The highest BCUT2D eigenvalue weighted by molar-refractivity contribution is 7.89. The average molecular weight is 665 g/mol. The monoisotopic (exact) mass is 664 g/mol. The molecule has 4 rings (SSSR count). The maximum Gasteiger partial charge on any atom is 0.490 e. The van der Waals surface area contributed by atoms with Crippen molar-refractivity contribution in [2.24, 2.45) is 5.14 Å². The number of carbonyl (C=O) groups excluding carboxylic acids is 2. The summed E-state index contributed by atoms with van der Waals surface area (Å²) in [4.78, 5) is 40.6. The molecule has 0 radical (unpaired) electrons. The molecule has 43 heavy (non-hydrogen) atoms. The van der Waals surface area contributed by atoms with Gasteiger partial charge in [0.1, 0.15) is 28.4 Å². The molecule has 1 aromatic heterocycles. The second-order valence-electron chi connectivity index (χ2n) is 9.67. The smallest absolute Gasteiger partial charge is 0.489 e. The van der Waals surface area contributed by atoms with Crippen LogP contribution in [0, 0.1) is 0 Å². The zero-order valence-electron chi connectivity index (χ0n) is 22.1. The van der Waals surface area contributed by atoms with Crippen molar-refractivity contribution >= 4 is 55.9 Å². The van der Waals surface area contributed by atoms with E-state index in [4.69, 9.17) is 33.1 Å². The Morgan fingerprint density at radius 3 is 2.47 bits per heavy atom. The Bertz CT molecular complexity index is 1690. The number of pyridine rings is 1. The third-order valence-electron chi connectivity index (χ3n) is 6.63. The molecule has 0 unspecified atom stereocenters. The van der Waals surface area contributed by atoms with Gasteiger partial charge < -0.3 is 19.8 Å². The first-order chi connectivity index (χ1) is 20.1. The molecule has 3 aromatic rings. The SMILES string of the molecule is NS(=O)(=O)c1c(OC2CCN(C[C@@H](CNC(=O)c3c(=O)[nH]cc4ccccc34)OC(=O)C(F)(F)F)CC2)ccc(Cl)c1Cl. The number of piperidine rings is 1. The summed E-state index contributed by atoms with van der Waals surface area (Å²) in [6.07, 6.45) is -5.16. The number of alkyl halides is 3. The van der Waals surface area contributed by atoms with Gasteiger partial charge in [0, 0.05) is 31.2 Å². The Labute approximate surface area is 253 Å². The van der Waals surface area contributed by atoms with E-state index < -0.39 is 57.3 Å². The summed E-state index contributed by atoms with van der Waals surface area (Å²) in [5.41, 5.74) is -0.937. The molecule has 0 saturated carbocycles. The van der Waals surface area contributed by atoms with Gasteiger partial charge in [0.15, 0.2) is 0 Å². The minimum Gasteiger partial charge on any atom is -0.489 e. The Balaban J connectivity index is 1.43. The number of nitrogens with zero attached hydrogens (tertiary/aromatic N) is 1. The van der Waals surface area contributed by atoms with E-state index in [2.05, 4.69) is 15.0 Å². The van der Waals surface area contributed by atoms with Gasteiger partial charge in [-0.15, -0.1) is 0 Å². The van der Waals surface area contributed by atoms with E-state index in [9.17, 15) is 36.0 Å². The first-order valence-corrected chi connectivity index (χ1v) is 15.0. The lowest BCUT2D eigenvalue weighted by molar-refractivity contribution is -0.205. The lowest BCUT2D eigenvalue weighted by atomic mass is 10.1. The van der Waals surface area contributed by atoms with Crippen molar-refractivity contribution in [1.29, 1.82) is 0 Å².